The van der Waals surface area contributed by atoms with Gasteiger partial charge >= 0.3 is 0 Å². The van der Waals surface area contributed by atoms with Crippen LogP contribution in [0, 0.1) is 20.8 Å². The largest absolute Gasteiger partial charge is 0.314 e. The molecule has 1 nitrogen and oxygen atoms in total. The topological polar surface area (TPSA) is 4.93 Å². The molecule has 3 rings (SSSR count). The molecule has 1 aromatic heterocycles. The highest BCUT2D eigenvalue weighted by atomic mass is 15.0. The molecule has 1 heterocycles. The van der Waals surface area contributed by atoms with E-state index in [1.165, 1.54) is 33.4 Å². The van der Waals surface area contributed by atoms with Crippen LogP contribution < -0.4 is 0 Å². The van der Waals surface area contributed by atoms with Crippen LogP contribution in [0.15, 0.2) is 48.5 Å². The van der Waals surface area contributed by atoms with Gasteiger partial charge in [-0.1, -0.05) is 24.3 Å². The maximum absolute atomic E-state index is 2.33. The summed E-state index contributed by atoms with van der Waals surface area (Å²) in [7, 11) is 0. The summed E-state index contributed by atoms with van der Waals surface area (Å²) in [5.74, 6) is 0. The molecule has 0 N–H and O–H groups in total. The Bertz CT molecular complexity index is 699. The van der Waals surface area contributed by atoms with Crippen LogP contribution in [-0.4, -0.2) is 4.57 Å². The molecule has 2 aromatic carbocycles. The first kappa shape index (κ1) is 11.1. The molecule has 0 aliphatic carbocycles. The fourth-order valence-electron chi connectivity index (χ4n) is 2.72. The number of hydrogen-bond donors (Lipinski definition) is 0. The Morgan fingerprint density at radius 1 is 0.778 bits per heavy atom. The first-order valence-electron chi connectivity index (χ1n) is 6.31. The van der Waals surface area contributed by atoms with Crippen molar-refractivity contribution < 1.29 is 0 Å². The van der Waals surface area contributed by atoms with Crippen LogP contribution >= 0.6 is 0 Å². The van der Waals surface area contributed by atoms with E-state index in [0.717, 1.165) is 0 Å². The number of benzene rings is 2. The number of para-hydroxylation sites is 1. The normalized spacial score (nSPS) is 11.1. The molecule has 0 bridgehead atoms. The number of aryl methyl sites for hydroxylation is 3. The summed E-state index contributed by atoms with van der Waals surface area (Å²) in [4.78, 5) is 0. The third-order valence-corrected chi connectivity index (χ3v) is 3.36. The Kier molecular flexibility index (Phi) is 2.48. The lowest BCUT2D eigenvalue weighted by Crippen LogP contribution is -1.97. The highest BCUT2D eigenvalue weighted by molar-refractivity contribution is 5.83. The maximum Gasteiger partial charge on any atom is 0.0531 e. The minimum absolute atomic E-state index is 1.26. The standard InChI is InChI=1S/C17H17N/c1-12-8-13(2)10-16(9-12)18-14(3)11-15-6-4-5-7-17(15)18/h4-11H,1-3H3. The van der Waals surface area contributed by atoms with Gasteiger partial charge in [-0.3, -0.25) is 0 Å². The molecule has 90 valence electrons. The Morgan fingerprint density at radius 2 is 1.44 bits per heavy atom. The third kappa shape index (κ3) is 1.72. The quantitative estimate of drug-likeness (QED) is 0.583. The Morgan fingerprint density at radius 3 is 2.17 bits per heavy atom. The average Bonchev–Trinajstić information content (AvgIpc) is 2.63. The first-order chi connectivity index (χ1) is 8.65. The molecular weight excluding hydrogens is 218 g/mol. The van der Waals surface area contributed by atoms with E-state index in [9.17, 15) is 0 Å². The summed E-state index contributed by atoms with van der Waals surface area (Å²) in [6.07, 6.45) is 0. The zero-order valence-corrected chi connectivity index (χ0v) is 11.1. The molecule has 0 radical (unpaired) electrons. The lowest BCUT2D eigenvalue weighted by atomic mass is 10.1. The van der Waals surface area contributed by atoms with Crippen molar-refractivity contribution in [2.24, 2.45) is 0 Å². The van der Waals surface area contributed by atoms with Crippen molar-refractivity contribution in [3.63, 3.8) is 0 Å². The second kappa shape index (κ2) is 4.02. The van der Waals surface area contributed by atoms with E-state index in [2.05, 4.69) is 73.9 Å². The predicted octanol–water partition coefficient (Wildman–Crippen LogP) is 4.56. The first-order valence-corrected chi connectivity index (χ1v) is 6.31. The van der Waals surface area contributed by atoms with Gasteiger partial charge in [-0.25, -0.2) is 0 Å². The third-order valence-electron chi connectivity index (χ3n) is 3.36. The predicted molar refractivity (Wildman–Crippen MR) is 77.5 cm³/mol. The lowest BCUT2D eigenvalue weighted by molar-refractivity contribution is 1.05. The molecule has 0 saturated heterocycles. The molecular formula is C17H17N. The van der Waals surface area contributed by atoms with Gasteiger partial charge in [0.2, 0.25) is 0 Å². The van der Waals surface area contributed by atoms with Crippen molar-refractivity contribution in [1.82, 2.24) is 4.57 Å². The molecule has 3 aromatic rings. The molecule has 0 unspecified atom stereocenters. The molecule has 0 saturated carbocycles. The highest BCUT2D eigenvalue weighted by Gasteiger charge is 2.07. The minimum atomic E-state index is 1.26. The van der Waals surface area contributed by atoms with Crippen molar-refractivity contribution in [3.8, 4) is 5.69 Å². The van der Waals surface area contributed by atoms with Gasteiger partial charge in [0.25, 0.3) is 0 Å². The van der Waals surface area contributed by atoms with Crippen molar-refractivity contribution >= 4 is 10.9 Å². The van der Waals surface area contributed by atoms with Gasteiger partial charge in [0.1, 0.15) is 0 Å². The molecule has 0 atom stereocenters. The number of nitrogens with zero attached hydrogens (tertiary/aromatic N) is 1. The fraction of sp³-hybridized carbons (Fsp3) is 0.176. The molecule has 0 aliphatic heterocycles. The Labute approximate surface area is 108 Å². The molecule has 0 aliphatic rings. The molecule has 0 amide bonds. The van der Waals surface area contributed by atoms with Gasteiger partial charge in [-0.15, -0.1) is 0 Å². The van der Waals surface area contributed by atoms with E-state index in [1.807, 2.05) is 0 Å². The summed E-state index contributed by atoms with van der Waals surface area (Å²) in [6, 6.07) is 17.5. The highest BCUT2D eigenvalue weighted by Crippen LogP contribution is 2.25. The lowest BCUT2D eigenvalue weighted by Gasteiger charge is -2.10. The summed E-state index contributed by atoms with van der Waals surface area (Å²) in [6.45, 7) is 6.46. The van der Waals surface area contributed by atoms with Crippen LogP contribution in [0.4, 0.5) is 0 Å². The zero-order valence-electron chi connectivity index (χ0n) is 11.1. The zero-order chi connectivity index (χ0) is 12.7. The van der Waals surface area contributed by atoms with E-state index >= 15 is 0 Å². The van der Waals surface area contributed by atoms with Crippen molar-refractivity contribution in [1.29, 1.82) is 0 Å². The summed E-state index contributed by atoms with van der Waals surface area (Å²) >= 11 is 0. The molecule has 18 heavy (non-hydrogen) atoms. The Balaban J connectivity index is 2.34. The van der Waals surface area contributed by atoms with E-state index < -0.39 is 0 Å². The van der Waals surface area contributed by atoms with Crippen LogP contribution in [0.5, 0.6) is 0 Å². The monoisotopic (exact) mass is 235 g/mol. The van der Waals surface area contributed by atoms with E-state index in [0.29, 0.717) is 0 Å². The number of fused-ring (bicyclic) bond motifs is 1. The number of hydrogen-bond acceptors (Lipinski definition) is 0. The van der Waals surface area contributed by atoms with E-state index in [-0.39, 0.29) is 0 Å². The fourth-order valence-corrected chi connectivity index (χ4v) is 2.72. The minimum Gasteiger partial charge on any atom is -0.314 e. The van der Waals surface area contributed by atoms with Crippen LogP contribution in [0.2, 0.25) is 0 Å². The molecule has 0 fully saturated rings. The molecule has 0 spiro atoms. The van der Waals surface area contributed by atoms with Gasteiger partial charge in [-0.05, 0) is 56.2 Å². The summed E-state index contributed by atoms with van der Waals surface area (Å²) in [5.41, 5.74) is 6.43. The molecule has 1 heteroatoms. The SMILES string of the molecule is Cc1cc(C)cc(-n2c(C)cc3ccccc32)c1. The van der Waals surface area contributed by atoms with Gasteiger partial charge in [-0.2, -0.15) is 0 Å². The van der Waals surface area contributed by atoms with Gasteiger partial charge < -0.3 is 4.57 Å². The summed E-state index contributed by atoms with van der Waals surface area (Å²) < 4.78 is 2.33. The van der Waals surface area contributed by atoms with Crippen LogP contribution in [0.1, 0.15) is 16.8 Å². The van der Waals surface area contributed by atoms with E-state index in [4.69, 9.17) is 0 Å². The van der Waals surface area contributed by atoms with Crippen molar-refractivity contribution in [3.05, 3.63) is 65.4 Å². The summed E-state index contributed by atoms with van der Waals surface area (Å²) in [5, 5.41) is 1.30. The van der Waals surface area contributed by atoms with Gasteiger partial charge in [0, 0.05) is 16.8 Å². The van der Waals surface area contributed by atoms with E-state index in [1.54, 1.807) is 0 Å². The number of aromatic nitrogens is 1. The second-order valence-corrected chi connectivity index (χ2v) is 5.03. The van der Waals surface area contributed by atoms with Crippen molar-refractivity contribution in [2.75, 3.05) is 0 Å². The van der Waals surface area contributed by atoms with Crippen LogP contribution in [0.25, 0.3) is 16.6 Å². The Hall–Kier alpha value is -2.02. The van der Waals surface area contributed by atoms with Crippen LogP contribution in [0.3, 0.4) is 0 Å². The van der Waals surface area contributed by atoms with Crippen molar-refractivity contribution in [2.45, 2.75) is 20.8 Å². The average molecular weight is 235 g/mol. The smallest absolute Gasteiger partial charge is 0.0531 e. The second-order valence-electron chi connectivity index (χ2n) is 5.03. The van der Waals surface area contributed by atoms with Gasteiger partial charge in [0.15, 0.2) is 0 Å². The van der Waals surface area contributed by atoms with Gasteiger partial charge in [0.05, 0.1) is 5.52 Å². The maximum atomic E-state index is 2.33. The van der Waals surface area contributed by atoms with Crippen LogP contribution in [-0.2, 0) is 0 Å². The number of rotatable bonds is 1.